The Hall–Kier alpha value is -2.18. The zero-order valence-corrected chi connectivity index (χ0v) is 14.3. The molecule has 4 aromatic rings. The molecule has 0 bridgehead atoms. The molecule has 114 valence electrons. The first-order chi connectivity index (χ1) is 11.1. The van der Waals surface area contributed by atoms with Crippen molar-refractivity contribution in [3.8, 4) is 11.3 Å². The molecule has 6 heteroatoms. The Kier molecular flexibility index (Phi) is 3.43. The number of carbonyl (C=O) groups is 1. The highest BCUT2D eigenvalue weighted by Crippen LogP contribution is 2.34. The molecule has 2 aromatic carbocycles. The Morgan fingerprint density at radius 2 is 2.00 bits per heavy atom. The van der Waals surface area contributed by atoms with E-state index in [-0.39, 0.29) is 6.42 Å². The summed E-state index contributed by atoms with van der Waals surface area (Å²) in [6.07, 6.45) is -0.0622. The summed E-state index contributed by atoms with van der Waals surface area (Å²) in [6.45, 7) is 0. The van der Waals surface area contributed by atoms with E-state index in [4.69, 9.17) is 4.98 Å². The van der Waals surface area contributed by atoms with E-state index >= 15 is 0 Å². The highest BCUT2D eigenvalue weighted by molar-refractivity contribution is 9.10. The number of halogens is 1. The lowest BCUT2D eigenvalue weighted by molar-refractivity contribution is -0.136. The summed E-state index contributed by atoms with van der Waals surface area (Å²) < 4.78 is 4.04. The third-order valence-electron chi connectivity index (χ3n) is 3.67. The van der Waals surface area contributed by atoms with Gasteiger partial charge in [-0.25, -0.2) is 4.98 Å². The predicted molar refractivity (Wildman–Crippen MR) is 95.1 cm³/mol. The van der Waals surface area contributed by atoms with Crippen molar-refractivity contribution in [1.29, 1.82) is 0 Å². The number of rotatable bonds is 3. The number of carboxylic acid groups (broad SMARTS) is 1. The minimum Gasteiger partial charge on any atom is -0.481 e. The monoisotopic (exact) mass is 386 g/mol. The number of carboxylic acids is 1. The van der Waals surface area contributed by atoms with Gasteiger partial charge in [-0.1, -0.05) is 57.6 Å². The Morgan fingerprint density at radius 3 is 2.74 bits per heavy atom. The molecule has 4 nitrogen and oxygen atoms in total. The Bertz CT molecular complexity index is 1040. The highest BCUT2D eigenvalue weighted by atomic mass is 79.9. The molecule has 0 saturated carbocycles. The minimum atomic E-state index is -0.861. The van der Waals surface area contributed by atoms with Crippen molar-refractivity contribution in [2.45, 2.75) is 6.42 Å². The fraction of sp³-hybridized carbons (Fsp3) is 0.0588. The van der Waals surface area contributed by atoms with Gasteiger partial charge in [-0.2, -0.15) is 0 Å². The van der Waals surface area contributed by atoms with Gasteiger partial charge in [-0.05, 0) is 18.2 Å². The van der Waals surface area contributed by atoms with Crippen LogP contribution in [0.2, 0.25) is 0 Å². The fourth-order valence-electron chi connectivity index (χ4n) is 2.73. The largest absolute Gasteiger partial charge is 0.481 e. The lowest BCUT2D eigenvalue weighted by Crippen LogP contribution is -2.04. The SMILES string of the molecule is O=C(O)Cc1c(-c2ccccc2)nc2sc3cc(Br)ccc3n12. The maximum atomic E-state index is 11.4. The first-order valence-corrected chi connectivity index (χ1v) is 8.61. The summed E-state index contributed by atoms with van der Waals surface area (Å²) in [5.41, 5.74) is 3.38. The van der Waals surface area contributed by atoms with Gasteiger partial charge in [-0.3, -0.25) is 9.20 Å². The van der Waals surface area contributed by atoms with E-state index in [1.54, 1.807) is 11.3 Å². The zero-order valence-electron chi connectivity index (χ0n) is 11.9. The van der Waals surface area contributed by atoms with Gasteiger partial charge in [0.05, 0.1) is 28.0 Å². The van der Waals surface area contributed by atoms with Crippen LogP contribution in [0.15, 0.2) is 53.0 Å². The Morgan fingerprint density at radius 1 is 1.22 bits per heavy atom. The van der Waals surface area contributed by atoms with Gasteiger partial charge in [-0.15, -0.1) is 0 Å². The molecule has 0 spiro atoms. The van der Waals surface area contributed by atoms with Crippen LogP contribution in [0.25, 0.3) is 26.4 Å². The van der Waals surface area contributed by atoms with Crippen LogP contribution >= 0.6 is 27.3 Å². The average Bonchev–Trinajstić information content (AvgIpc) is 3.04. The lowest BCUT2D eigenvalue weighted by Gasteiger charge is -2.03. The second kappa shape index (κ2) is 5.47. The molecule has 0 saturated heterocycles. The van der Waals surface area contributed by atoms with Crippen LogP contribution in [0.4, 0.5) is 0 Å². The molecule has 0 atom stereocenters. The first kappa shape index (κ1) is 14.4. The van der Waals surface area contributed by atoms with Crippen LogP contribution in [0.5, 0.6) is 0 Å². The molecule has 2 heterocycles. The molecule has 0 fully saturated rings. The number of aromatic nitrogens is 2. The number of imidazole rings is 1. The predicted octanol–water partition coefficient (Wildman–Crippen LogP) is 4.61. The first-order valence-electron chi connectivity index (χ1n) is 7.00. The van der Waals surface area contributed by atoms with Crippen LogP contribution in [-0.4, -0.2) is 20.5 Å². The summed E-state index contributed by atoms with van der Waals surface area (Å²) in [6, 6.07) is 15.7. The normalized spacial score (nSPS) is 11.3. The smallest absolute Gasteiger partial charge is 0.309 e. The number of nitrogens with zero attached hydrogens (tertiary/aromatic N) is 2. The number of fused-ring (bicyclic) bond motifs is 3. The number of aliphatic carboxylic acids is 1. The van der Waals surface area contributed by atoms with E-state index in [1.807, 2.05) is 52.9 Å². The highest BCUT2D eigenvalue weighted by Gasteiger charge is 2.20. The lowest BCUT2D eigenvalue weighted by atomic mass is 10.1. The number of benzene rings is 2. The molecule has 2 aromatic heterocycles. The molecular weight excluding hydrogens is 376 g/mol. The van der Waals surface area contributed by atoms with Crippen molar-refractivity contribution in [1.82, 2.24) is 9.38 Å². The third-order valence-corrected chi connectivity index (χ3v) is 5.17. The molecule has 0 unspecified atom stereocenters. The second-order valence-electron chi connectivity index (χ2n) is 5.18. The van der Waals surface area contributed by atoms with Crippen LogP contribution in [0.1, 0.15) is 5.69 Å². The van der Waals surface area contributed by atoms with Crippen molar-refractivity contribution in [3.63, 3.8) is 0 Å². The fourth-order valence-corrected chi connectivity index (χ4v) is 4.33. The molecule has 0 radical (unpaired) electrons. The van der Waals surface area contributed by atoms with Gasteiger partial charge < -0.3 is 5.11 Å². The van der Waals surface area contributed by atoms with E-state index < -0.39 is 5.97 Å². The Labute approximate surface area is 144 Å². The quantitative estimate of drug-likeness (QED) is 0.559. The Balaban J connectivity index is 2.06. The number of thiazole rings is 1. The van der Waals surface area contributed by atoms with Gasteiger partial charge in [0.15, 0.2) is 4.96 Å². The van der Waals surface area contributed by atoms with Crippen molar-refractivity contribution >= 4 is 48.4 Å². The van der Waals surface area contributed by atoms with Gasteiger partial charge in [0.2, 0.25) is 0 Å². The van der Waals surface area contributed by atoms with Crippen LogP contribution in [0.3, 0.4) is 0 Å². The van der Waals surface area contributed by atoms with E-state index in [0.29, 0.717) is 5.69 Å². The van der Waals surface area contributed by atoms with Gasteiger partial charge in [0.1, 0.15) is 0 Å². The zero-order chi connectivity index (χ0) is 16.0. The van der Waals surface area contributed by atoms with Crippen molar-refractivity contribution in [3.05, 3.63) is 58.7 Å². The standard InChI is InChI=1S/C17H11BrN2O2S/c18-11-6-7-12-14(8-11)23-17-19-16(10-4-2-1-3-5-10)13(20(12)17)9-15(21)22/h1-8H,9H2,(H,21,22). The van der Waals surface area contributed by atoms with Crippen molar-refractivity contribution in [2.24, 2.45) is 0 Å². The van der Waals surface area contributed by atoms with Gasteiger partial charge in [0.25, 0.3) is 0 Å². The topological polar surface area (TPSA) is 54.6 Å². The minimum absolute atomic E-state index is 0.0622. The van der Waals surface area contributed by atoms with E-state index in [2.05, 4.69) is 15.9 Å². The van der Waals surface area contributed by atoms with E-state index in [0.717, 1.165) is 30.9 Å². The molecular formula is C17H11BrN2O2S. The van der Waals surface area contributed by atoms with E-state index in [1.165, 1.54) is 0 Å². The molecule has 1 N–H and O–H groups in total. The average molecular weight is 387 g/mol. The maximum absolute atomic E-state index is 11.4. The summed E-state index contributed by atoms with van der Waals surface area (Å²) in [4.78, 5) is 16.9. The summed E-state index contributed by atoms with van der Waals surface area (Å²) in [5.74, 6) is -0.861. The maximum Gasteiger partial charge on any atom is 0.309 e. The summed E-state index contributed by atoms with van der Waals surface area (Å²) >= 11 is 5.03. The summed E-state index contributed by atoms with van der Waals surface area (Å²) in [5, 5.41) is 9.32. The molecule has 4 rings (SSSR count). The van der Waals surface area contributed by atoms with Crippen LogP contribution in [0, 0.1) is 0 Å². The number of hydrogen-bond acceptors (Lipinski definition) is 3. The second-order valence-corrected chi connectivity index (χ2v) is 7.10. The van der Waals surface area contributed by atoms with Crippen LogP contribution < -0.4 is 0 Å². The molecule has 0 amide bonds. The third kappa shape index (κ3) is 2.44. The molecule has 23 heavy (non-hydrogen) atoms. The van der Waals surface area contributed by atoms with Crippen LogP contribution in [-0.2, 0) is 11.2 Å². The van der Waals surface area contributed by atoms with E-state index in [9.17, 15) is 9.90 Å². The van der Waals surface area contributed by atoms with Gasteiger partial charge in [0, 0.05) is 10.0 Å². The van der Waals surface area contributed by atoms with Crippen molar-refractivity contribution in [2.75, 3.05) is 0 Å². The van der Waals surface area contributed by atoms with Crippen molar-refractivity contribution < 1.29 is 9.90 Å². The molecule has 0 aliphatic carbocycles. The molecule has 0 aliphatic heterocycles. The van der Waals surface area contributed by atoms with Gasteiger partial charge >= 0.3 is 5.97 Å². The molecule has 0 aliphatic rings. The number of hydrogen-bond donors (Lipinski definition) is 1. The summed E-state index contributed by atoms with van der Waals surface area (Å²) in [7, 11) is 0.